The highest BCUT2D eigenvalue weighted by Crippen LogP contribution is 2.37. The number of carbonyl (C=O) groups excluding carboxylic acids is 1. The quantitative estimate of drug-likeness (QED) is 0.270. The van der Waals surface area contributed by atoms with Crippen molar-refractivity contribution in [3.8, 4) is 17.2 Å². The third-order valence-corrected chi connectivity index (χ3v) is 7.71. The zero-order valence-corrected chi connectivity index (χ0v) is 21.5. The van der Waals surface area contributed by atoms with E-state index in [1.807, 2.05) is 84.1 Å². The van der Waals surface area contributed by atoms with Gasteiger partial charge in [-0.25, -0.2) is 4.98 Å². The van der Waals surface area contributed by atoms with Crippen molar-refractivity contribution in [1.29, 1.82) is 0 Å². The molecule has 1 unspecified atom stereocenters. The van der Waals surface area contributed by atoms with Crippen molar-refractivity contribution in [2.24, 2.45) is 5.92 Å². The van der Waals surface area contributed by atoms with Gasteiger partial charge in [0, 0.05) is 31.0 Å². The summed E-state index contributed by atoms with van der Waals surface area (Å²) in [5, 5.41) is 0. The molecule has 3 atom stereocenters. The van der Waals surface area contributed by atoms with Gasteiger partial charge < -0.3 is 19.1 Å². The van der Waals surface area contributed by atoms with Gasteiger partial charge in [0.2, 0.25) is 5.91 Å². The lowest BCUT2D eigenvalue weighted by atomic mass is 10.0. The summed E-state index contributed by atoms with van der Waals surface area (Å²) in [6, 6.07) is 21.8. The van der Waals surface area contributed by atoms with Crippen LogP contribution in [0.15, 0.2) is 72.2 Å². The standard InChI is InChI=1S/C29H30N2O4S/c1-19(22-9-11-24(33-3)12-10-22)31-16-23(13-28(31)32)20(2)35-27-15-25(14-26-29(27)36-18-30-26)34-17-21-7-5-4-6-8-21/h4-12,14-15,18-20,23H,13,16-17H2,1-3H3/t19-,20-,23?/m1/s1. The maximum atomic E-state index is 12.9. The normalized spacial score (nSPS) is 17.2. The fourth-order valence-corrected chi connectivity index (χ4v) is 5.36. The second-order valence-corrected chi connectivity index (χ2v) is 10.0. The Morgan fingerprint density at radius 3 is 2.58 bits per heavy atom. The van der Waals surface area contributed by atoms with Gasteiger partial charge in [-0.2, -0.15) is 0 Å². The Morgan fingerprint density at radius 1 is 1.06 bits per heavy atom. The van der Waals surface area contributed by atoms with E-state index in [0.717, 1.165) is 38.6 Å². The van der Waals surface area contributed by atoms with Gasteiger partial charge in [0.1, 0.15) is 30.0 Å². The number of hydrogen-bond acceptors (Lipinski definition) is 6. The molecule has 0 N–H and O–H groups in total. The van der Waals surface area contributed by atoms with Gasteiger partial charge in [-0.05, 0) is 37.1 Å². The lowest BCUT2D eigenvalue weighted by Crippen LogP contribution is -2.31. The number of nitrogens with zero attached hydrogens (tertiary/aromatic N) is 2. The van der Waals surface area contributed by atoms with Crippen molar-refractivity contribution < 1.29 is 19.0 Å². The number of thiazole rings is 1. The largest absolute Gasteiger partial charge is 0.497 e. The Labute approximate surface area is 215 Å². The fourth-order valence-electron chi connectivity index (χ4n) is 4.63. The number of likely N-dealkylation sites (tertiary alicyclic amines) is 1. The number of benzene rings is 3. The second-order valence-electron chi connectivity index (χ2n) is 9.18. The van der Waals surface area contributed by atoms with Crippen LogP contribution in [0.1, 0.15) is 37.4 Å². The van der Waals surface area contributed by atoms with E-state index in [-0.39, 0.29) is 24.0 Å². The van der Waals surface area contributed by atoms with E-state index in [9.17, 15) is 4.79 Å². The number of methoxy groups -OCH3 is 1. The number of aromatic nitrogens is 1. The molecule has 1 fully saturated rings. The zero-order valence-electron chi connectivity index (χ0n) is 20.7. The predicted molar refractivity (Wildman–Crippen MR) is 142 cm³/mol. The molecule has 0 radical (unpaired) electrons. The second kappa shape index (κ2) is 10.6. The smallest absolute Gasteiger partial charge is 0.223 e. The summed E-state index contributed by atoms with van der Waals surface area (Å²) in [5.41, 5.74) is 4.86. The molecule has 2 heterocycles. The number of fused-ring (bicyclic) bond motifs is 1. The minimum Gasteiger partial charge on any atom is -0.497 e. The van der Waals surface area contributed by atoms with E-state index in [0.29, 0.717) is 19.6 Å². The van der Waals surface area contributed by atoms with Crippen LogP contribution >= 0.6 is 11.3 Å². The first-order valence-corrected chi connectivity index (χ1v) is 13.0. The van der Waals surface area contributed by atoms with Crippen LogP contribution in [0, 0.1) is 5.92 Å². The topological polar surface area (TPSA) is 60.9 Å². The molecule has 0 spiro atoms. The first-order chi connectivity index (χ1) is 17.5. The van der Waals surface area contributed by atoms with E-state index in [4.69, 9.17) is 14.2 Å². The maximum Gasteiger partial charge on any atom is 0.223 e. The van der Waals surface area contributed by atoms with Crippen molar-refractivity contribution in [3.05, 3.63) is 83.4 Å². The fraction of sp³-hybridized carbons (Fsp3) is 0.310. The molecule has 0 bridgehead atoms. The SMILES string of the molecule is COc1ccc([C@@H](C)N2CC([C@@H](C)Oc3cc(OCc4ccccc4)cc4ncsc34)CC2=O)cc1. The van der Waals surface area contributed by atoms with Gasteiger partial charge in [-0.15, -0.1) is 11.3 Å². The van der Waals surface area contributed by atoms with Crippen molar-refractivity contribution >= 4 is 27.5 Å². The van der Waals surface area contributed by atoms with E-state index < -0.39 is 0 Å². The molecular weight excluding hydrogens is 472 g/mol. The molecule has 1 aromatic heterocycles. The van der Waals surface area contributed by atoms with Gasteiger partial charge in [-0.3, -0.25) is 4.79 Å². The van der Waals surface area contributed by atoms with Crippen molar-refractivity contribution in [3.63, 3.8) is 0 Å². The van der Waals surface area contributed by atoms with Crippen LogP contribution in [0.4, 0.5) is 0 Å². The van der Waals surface area contributed by atoms with Crippen LogP contribution in [0.2, 0.25) is 0 Å². The molecule has 3 aromatic carbocycles. The molecule has 36 heavy (non-hydrogen) atoms. The predicted octanol–water partition coefficient (Wildman–Crippen LogP) is 6.26. The van der Waals surface area contributed by atoms with Gasteiger partial charge in [0.25, 0.3) is 0 Å². The molecule has 4 aromatic rings. The Bertz CT molecular complexity index is 1320. The molecular formula is C29H30N2O4S. The van der Waals surface area contributed by atoms with Crippen LogP contribution < -0.4 is 14.2 Å². The third-order valence-electron chi connectivity index (χ3n) is 6.85. The Balaban J connectivity index is 1.28. The summed E-state index contributed by atoms with van der Waals surface area (Å²) in [6.45, 7) is 5.25. The number of ether oxygens (including phenoxy) is 3. The molecule has 0 saturated carbocycles. The summed E-state index contributed by atoms with van der Waals surface area (Å²) in [4.78, 5) is 19.4. The van der Waals surface area contributed by atoms with Crippen LogP contribution in [-0.4, -0.2) is 35.5 Å². The third kappa shape index (κ3) is 5.16. The molecule has 1 aliphatic heterocycles. The molecule has 0 aliphatic carbocycles. The summed E-state index contributed by atoms with van der Waals surface area (Å²) in [5.74, 6) is 2.52. The molecule has 1 aliphatic rings. The van der Waals surface area contributed by atoms with Crippen molar-refractivity contribution in [1.82, 2.24) is 9.88 Å². The molecule has 1 saturated heterocycles. The average molecular weight is 503 g/mol. The highest BCUT2D eigenvalue weighted by atomic mass is 32.1. The van der Waals surface area contributed by atoms with E-state index in [2.05, 4.69) is 11.9 Å². The molecule has 1 amide bonds. The van der Waals surface area contributed by atoms with Crippen molar-refractivity contribution in [2.45, 2.75) is 39.0 Å². The number of carbonyl (C=O) groups is 1. The Morgan fingerprint density at radius 2 is 1.83 bits per heavy atom. The highest BCUT2D eigenvalue weighted by molar-refractivity contribution is 7.17. The monoisotopic (exact) mass is 502 g/mol. The van der Waals surface area contributed by atoms with Gasteiger partial charge in [0.05, 0.1) is 28.9 Å². The molecule has 5 rings (SSSR count). The first kappa shape index (κ1) is 24.1. The van der Waals surface area contributed by atoms with Crippen LogP contribution in [0.5, 0.6) is 17.2 Å². The van der Waals surface area contributed by atoms with Gasteiger partial charge >= 0.3 is 0 Å². The molecule has 7 heteroatoms. The van der Waals surface area contributed by atoms with Crippen LogP contribution in [0.3, 0.4) is 0 Å². The number of amides is 1. The lowest BCUT2D eigenvalue weighted by Gasteiger charge is -2.27. The summed E-state index contributed by atoms with van der Waals surface area (Å²) < 4.78 is 18.8. The Kier molecular flexibility index (Phi) is 7.09. The zero-order chi connectivity index (χ0) is 25.1. The van der Waals surface area contributed by atoms with E-state index in [1.54, 1.807) is 18.4 Å². The highest BCUT2D eigenvalue weighted by Gasteiger charge is 2.37. The first-order valence-electron chi connectivity index (χ1n) is 12.2. The number of rotatable bonds is 9. The van der Waals surface area contributed by atoms with Gasteiger partial charge in [-0.1, -0.05) is 42.5 Å². The summed E-state index contributed by atoms with van der Waals surface area (Å²) in [7, 11) is 1.65. The van der Waals surface area contributed by atoms with Crippen molar-refractivity contribution in [2.75, 3.05) is 13.7 Å². The number of hydrogen-bond donors (Lipinski definition) is 0. The summed E-state index contributed by atoms with van der Waals surface area (Å²) in [6.07, 6.45) is 0.328. The van der Waals surface area contributed by atoms with E-state index >= 15 is 0 Å². The minimum atomic E-state index is -0.142. The molecule has 6 nitrogen and oxygen atoms in total. The maximum absolute atomic E-state index is 12.9. The molecule has 186 valence electrons. The van der Waals surface area contributed by atoms with Crippen LogP contribution in [-0.2, 0) is 11.4 Å². The van der Waals surface area contributed by atoms with E-state index in [1.165, 1.54) is 0 Å². The lowest BCUT2D eigenvalue weighted by molar-refractivity contribution is -0.129. The average Bonchev–Trinajstić information content (AvgIpc) is 3.54. The van der Waals surface area contributed by atoms with Crippen LogP contribution in [0.25, 0.3) is 10.2 Å². The Hall–Kier alpha value is -3.58. The summed E-state index contributed by atoms with van der Waals surface area (Å²) >= 11 is 1.55. The minimum absolute atomic E-state index is 0.0106. The van der Waals surface area contributed by atoms with Gasteiger partial charge in [0.15, 0.2) is 0 Å².